The van der Waals surface area contributed by atoms with Crippen LogP contribution in [0.2, 0.25) is 10.0 Å². The Hall–Kier alpha value is -1.80. The Morgan fingerprint density at radius 2 is 1.77 bits per heavy atom. The predicted molar refractivity (Wildman–Crippen MR) is 118 cm³/mol. The number of rotatable bonds is 6. The zero-order chi connectivity index (χ0) is 21.9. The average Bonchev–Trinajstić information content (AvgIpc) is 2.70. The van der Waals surface area contributed by atoms with Crippen molar-refractivity contribution >= 4 is 39.1 Å². The molecule has 1 aliphatic rings. The van der Waals surface area contributed by atoms with Crippen LogP contribution in [0.25, 0.3) is 0 Å². The average molecular weight is 471 g/mol. The summed E-state index contributed by atoms with van der Waals surface area (Å²) in [5, 5.41) is 3.75. The van der Waals surface area contributed by atoms with Crippen LogP contribution in [-0.2, 0) is 14.8 Å². The van der Waals surface area contributed by atoms with Crippen molar-refractivity contribution < 1.29 is 17.9 Å². The molecule has 0 spiro atoms. The van der Waals surface area contributed by atoms with E-state index in [4.69, 9.17) is 27.9 Å². The molecule has 1 amide bonds. The summed E-state index contributed by atoms with van der Waals surface area (Å²) in [4.78, 5) is 12.8. The van der Waals surface area contributed by atoms with E-state index >= 15 is 0 Å². The van der Waals surface area contributed by atoms with Crippen molar-refractivity contribution in [2.45, 2.75) is 43.7 Å². The lowest BCUT2D eigenvalue weighted by Crippen LogP contribution is -2.49. The monoisotopic (exact) mass is 470 g/mol. The van der Waals surface area contributed by atoms with E-state index in [1.54, 1.807) is 49.4 Å². The lowest BCUT2D eigenvalue weighted by molar-refractivity contribution is -0.128. The smallest absolute Gasteiger partial charge is 0.260 e. The number of ether oxygens (including phenoxy) is 1. The molecule has 162 valence electrons. The molecule has 0 bridgehead atoms. The second kappa shape index (κ2) is 9.56. The molecule has 0 unspecified atom stereocenters. The van der Waals surface area contributed by atoms with Gasteiger partial charge in [-0.05, 0) is 57.0 Å². The van der Waals surface area contributed by atoms with E-state index in [1.165, 1.54) is 4.31 Å². The molecule has 2 aromatic carbocycles. The van der Waals surface area contributed by atoms with E-state index < -0.39 is 16.1 Å². The summed E-state index contributed by atoms with van der Waals surface area (Å²) in [5.41, 5.74) is 1.01. The Morgan fingerprint density at radius 1 is 1.13 bits per heavy atom. The maximum atomic E-state index is 12.8. The largest absolute Gasteiger partial charge is 0.479 e. The first-order valence-corrected chi connectivity index (χ1v) is 11.9. The van der Waals surface area contributed by atoms with E-state index in [1.807, 2.05) is 6.92 Å². The van der Waals surface area contributed by atoms with Crippen LogP contribution in [0.15, 0.2) is 47.4 Å². The predicted octanol–water partition coefficient (Wildman–Crippen LogP) is 4.04. The summed E-state index contributed by atoms with van der Waals surface area (Å²) in [5.74, 6) is 0.101. The number of carbonyl (C=O) groups is 1. The van der Waals surface area contributed by atoms with Crippen LogP contribution in [0.4, 0.5) is 0 Å². The molecule has 1 aliphatic heterocycles. The number of benzene rings is 2. The Bertz CT molecular complexity index is 1000. The van der Waals surface area contributed by atoms with Gasteiger partial charge in [-0.25, -0.2) is 8.42 Å². The number of aryl methyl sites for hydroxylation is 1. The standard InChI is InChI=1S/C21H24Cl2N2O4S/c1-14-3-6-18(7-4-14)30(27,28)25-11-9-17(10-12-25)24-21(26)15(2)29-20-8-5-16(22)13-19(20)23/h3-8,13,15,17H,9-12H2,1-2H3,(H,24,26)/t15-/m1/s1. The summed E-state index contributed by atoms with van der Waals surface area (Å²) < 4.78 is 32.7. The fourth-order valence-electron chi connectivity index (χ4n) is 3.23. The maximum absolute atomic E-state index is 12.8. The fourth-order valence-corrected chi connectivity index (χ4v) is 5.16. The van der Waals surface area contributed by atoms with E-state index in [2.05, 4.69) is 5.32 Å². The SMILES string of the molecule is Cc1ccc(S(=O)(=O)N2CCC(NC(=O)[C@@H](C)Oc3ccc(Cl)cc3Cl)CC2)cc1. The molecule has 30 heavy (non-hydrogen) atoms. The molecule has 6 nitrogen and oxygen atoms in total. The van der Waals surface area contributed by atoms with Crippen LogP contribution in [-0.4, -0.2) is 43.9 Å². The Balaban J connectivity index is 1.53. The topological polar surface area (TPSA) is 75.7 Å². The summed E-state index contributed by atoms with van der Waals surface area (Å²) in [6.07, 6.45) is 0.314. The van der Waals surface area contributed by atoms with Gasteiger partial charge in [0.05, 0.1) is 9.92 Å². The molecule has 0 radical (unpaired) electrons. The maximum Gasteiger partial charge on any atom is 0.260 e. The molecule has 1 fully saturated rings. The highest BCUT2D eigenvalue weighted by Gasteiger charge is 2.30. The highest BCUT2D eigenvalue weighted by atomic mass is 35.5. The van der Waals surface area contributed by atoms with Gasteiger partial charge >= 0.3 is 0 Å². The quantitative estimate of drug-likeness (QED) is 0.690. The van der Waals surface area contributed by atoms with Crippen molar-refractivity contribution in [3.63, 3.8) is 0 Å². The first-order valence-electron chi connectivity index (χ1n) is 9.66. The molecule has 1 saturated heterocycles. The van der Waals surface area contributed by atoms with Gasteiger partial charge in [-0.2, -0.15) is 4.31 Å². The van der Waals surface area contributed by atoms with Gasteiger partial charge in [-0.15, -0.1) is 0 Å². The third-order valence-electron chi connectivity index (χ3n) is 5.03. The molecular formula is C21H24Cl2N2O4S. The molecule has 1 atom stereocenters. The third kappa shape index (κ3) is 5.46. The van der Waals surface area contributed by atoms with Crippen LogP contribution in [0, 0.1) is 6.92 Å². The van der Waals surface area contributed by atoms with Crippen molar-refractivity contribution in [1.82, 2.24) is 9.62 Å². The van der Waals surface area contributed by atoms with Crippen LogP contribution >= 0.6 is 23.2 Å². The van der Waals surface area contributed by atoms with Gasteiger partial charge < -0.3 is 10.1 Å². The minimum atomic E-state index is -3.53. The van der Waals surface area contributed by atoms with Gasteiger partial charge in [-0.3, -0.25) is 4.79 Å². The Labute approximate surface area is 187 Å². The number of carbonyl (C=O) groups excluding carboxylic acids is 1. The minimum Gasteiger partial charge on any atom is -0.479 e. The number of halogens is 2. The summed E-state index contributed by atoms with van der Waals surface area (Å²) in [6, 6.07) is 11.5. The van der Waals surface area contributed by atoms with Gasteiger partial charge in [-0.1, -0.05) is 40.9 Å². The minimum absolute atomic E-state index is 0.117. The van der Waals surface area contributed by atoms with Gasteiger partial charge in [0.15, 0.2) is 6.10 Å². The molecule has 0 aliphatic carbocycles. The summed E-state index contributed by atoms with van der Waals surface area (Å²) in [6.45, 7) is 4.24. The van der Waals surface area contributed by atoms with Gasteiger partial charge in [0.2, 0.25) is 10.0 Å². The van der Waals surface area contributed by atoms with Crippen LogP contribution in [0.1, 0.15) is 25.3 Å². The number of nitrogens with zero attached hydrogens (tertiary/aromatic N) is 1. The zero-order valence-corrected chi connectivity index (χ0v) is 19.1. The molecule has 3 rings (SSSR count). The number of nitrogens with one attached hydrogen (secondary N) is 1. The van der Waals surface area contributed by atoms with Crippen LogP contribution < -0.4 is 10.1 Å². The fraction of sp³-hybridized carbons (Fsp3) is 0.381. The summed E-state index contributed by atoms with van der Waals surface area (Å²) in [7, 11) is -3.53. The van der Waals surface area contributed by atoms with Crippen molar-refractivity contribution in [1.29, 1.82) is 0 Å². The number of hydrogen-bond acceptors (Lipinski definition) is 4. The van der Waals surface area contributed by atoms with Gasteiger partial charge in [0.25, 0.3) is 5.91 Å². The second-order valence-corrected chi connectivity index (χ2v) is 10.1. The molecule has 0 aromatic heterocycles. The van der Waals surface area contributed by atoms with Crippen molar-refractivity contribution in [3.8, 4) is 5.75 Å². The highest BCUT2D eigenvalue weighted by molar-refractivity contribution is 7.89. The van der Waals surface area contributed by atoms with Gasteiger partial charge in [0.1, 0.15) is 5.75 Å². The van der Waals surface area contributed by atoms with E-state index in [0.717, 1.165) is 5.56 Å². The lowest BCUT2D eigenvalue weighted by atomic mass is 10.1. The molecule has 0 saturated carbocycles. The Kier molecular flexibility index (Phi) is 7.29. The summed E-state index contributed by atoms with van der Waals surface area (Å²) >= 11 is 12.0. The molecule has 9 heteroatoms. The van der Waals surface area contributed by atoms with Crippen molar-refractivity contribution in [3.05, 3.63) is 58.1 Å². The molecular weight excluding hydrogens is 447 g/mol. The second-order valence-electron chi connectivity index (χ2n) is 7.33. The third-order valence-corrected chi connectivity index (χ3v) is 7.47. The number of sulfonamides is 1. The van der Waals surface area contributed by atoms with E-state index in [-0.39, 0.29) is 16.8 Å². The normalized spacial score (nSPS) is 16.8. The first kappa shape index (κ1) is 22.9. The van der Waals surface area contributed by atoms with Crippen LogP contribution in [0.5, 0.6) is 5.75 Å². The molecule has 1 N–H and O–H groups in total. The Morgan fingerprint density at radius 3 is 2.37 bits per heavy atom. The van der Waals surface area contributed by atoms with Crippen molar-refractivity contribution in [2.75, 3.05) is 13.1 Å². The number of piperidine rings is 1. The molecule has 1 heterocycles. The number of amides is 1. The van der Waals surface area contributed by atoms with Crippen molar-refractivity contribution in [2.24, 2.45) is 0 Å². The lowest BCUT2D eigenvalue weighted by Gasteiger charge is -2.32. The zero-order valence-electron chi connectivity index (χ0n) is 16.8. The highest BCUT2D eigenvalue weighted by Crippen LogP contribution is 2.28. The van der Waals surface area contributed by atoms with E-state index in [0.29, 0.717) is 41.7 Å². The molecule has 2 aromatic rings. The van der Waals surface area contributed by atoms with E-state index in [9.17, 15) is 13.2 Å². The number of hydrogen-bond donors (Lipinski definition) is 1. The van der Waals surface area contributed by atoms with Gasteiger partial charge in [0, 0.05) is 24.2 Å². The van der Waals surface area contributed by atoms with Crippen LogP contribution in [0.3, 0.4) is 0 Å². The first-order chi connectivity index (χ1) is 14.2.